The molecule has 1 aliphatic heterocycles. The maximum Gasteiger partial charge on any atom is 0.253 e. The van der Waals surface area contributed by atoms with Crippen LogP contribution in [0, 0.1) is 6.92 Å². The first-order valence-corrected chi connectivity index (χ1v) is 10.4. The SMILES string of the molecule is CC(=O)NCc1cc2c(C)c(-c3ccc(C(=O)N4CCNCC4)cc3)cc(Cl)c2o1. The monoisotopic (exact) mass is 425 g/mol. The Kier molecular flexibility index (Phi) is 5.79. The summed E-state index contributed by atoms with van der Waals surface area (Å²) < 4.78 is 5.84. The number of fused-ring (bicyclic) bond motifs is 1. The number of amides is 2. The van der Waals surface area contributed by atoms with Crippen LogP contribution >= 0.6 is 11.6 Å². The molecule has 1 aromatic heterocycles. The molecule has 30 heavy (non-hydrogen) atoms. The lowest BCUT2D eigenvalue weighted by molar-refractivity contribution is -0.119. The molecular formula is C23H24ClN3O3. The van der Waals surface area contributed by atoms with Crippen LogP contribution in [0.4, 0.5) is 0 Å². The molecule has 0 aliphatic carbocycles. The molecule has 6 nitrogen and oxygen atoms in total. The fraction of sp³-hybridized carbons (Fsp3) is 0.304. The van der Waals surface area contributed by atoms with E-state index in [0.29, 0.717) is 28.5 Å². The molecule has 2 heterocycles. The minimum absolute atomic E-state index is 0.0608. The second-order valence-electron chi connectivity index (χ2n) is 7.52. The Morgan fingerprint density at radius 1 is 1.17 bits per heavy atom. The molecule has 0 spiro atoms. The van der Waals surface area contributed by atoms with Crippen molar-refractivity contribution < 1.29 is 14.0 Å². The first kappa shape index (κ1) is 20.4. The fourth-order valence-corrected chi connectivity index (χ4v) is 4.03. The Morgan fingerprint density at radius 2 is 1.87 bits per heavy atom. The zero-order chi connectivity index (χ0) is 21.3. The number of furan rings is 1. The molecule has 3 aromatic rings. The third-order valence-electron chi connectivity index (χ3n) is 5.44. The normalized spacial score (nSPS) is 14.2. The summed E-state index contributed by atoms with van der Waals surface area (Å²) in [6.45, 7) is 6.92. The number of hydrogen-bond acceptors (Lipinski definition) is 4. The van der Waals surface area contributed by atoms with Crippen molar-refractivity contribution in [2.24, 2.45) is 0 Å². The highest BCUT2D eigenvalue weighted by Gasteiger charge is 2.19. The summed E-state index contributed by atoms with van der Waals surface area (Å²) in [5, 5.41) is 7.42. The Morgan fingerprint density at radius 3 is 2.53 bits per heavy atom. The number of hydrogen-bond donors (Lipinski definition) is 2. The zero-order valence-electron chi connectivity index (χ0n) is 17.0. The maximum atomic E-state index is 12.7. The summed E-state index contributed by atoms with van der Waals surface area (Å²) in [4.78, 5) is 25.7. The number of nitrogens with one attached hydrogen (secondary N) is 2. The van der Waals surface area contributed by atoms with Crippen molar-refractivity contribution in [2.45, 2.75) is 20.4 Å². The average molecular weight is 426 g/mol. The predicted molar refractivity (Wildman–Crippen MR) is 118 cm³/mol. The van der Waals surface area contributed by atoms with Gasteiger partial charge in [0.1, 0.15) is 5.76 Å². The summed E-state index contributed by atoms with van der Waals surface area (Å²) in [6.07, 6.45) is 0. The number of carbonyl (C=O) groups excluding carboxylic acids is 2. The van der Waals surface area contributed by atoms with Crippen molar-refractivity contribution in [3.8, 4) is 11.1 Å². The number of halogens is 1. The largest absolute Gasteiger partial charge is 0.458 e. The van der Waals surface area contributed by atoms with E-state index in [9.17, 15) is 9.59 Å². The highest BCUT2D eigenvalue weighted by molar-refractivity contribution is 6.35. The van der Waals surface area contributed by atoms with E-state index < -0.39 is 0 Å². The topological polar surface area (TPSA) is 74.6 Å². The van der Waals surface area contributed by atoms with Gasteiger partial charge in [0.25, 0.3) is 5.91 Å². The van der Waals surface area contributed by atoms with Crippen LogP contribution in [0.1, 0.15) is 28.6 Å². The number of nitrogens with zero attached hydrogens (tertiary/aromatic N) is 1. The summed E-state index contributed by atoms with van der Waals surface area (Å²) in [5.74, 6) is 0.597. The van der Waals surface area contributed by atoms with Gasteiger partial charge in [0.15, 0.2) is 5.58 Å². The third-order valence-corrected chi connectivity index (χ3v) is 5.72. The molecule has 0 unspecified atom stereocenters. The van der Waals surface area contributed by atoms with Crippen LogP contribution in [0.15, 0.2) is 40.8 Å². The van der Waals surface area contributed by atoms with Crippen LogP contribution < -0.4 is 10.6 Å². The van der Waals surface area contributed by atoms with Crippen LogP contribution in [0.5, 0.6) is 0 Å². The van der Waals surface area contributed by atoms with E-state index in [1.807, 2.05) is 48.2 Å². The predicted octanol–water partition coefficient (Wildman–Crippen LogP) is 3.74. The van der Waals surface area contributed by atoms with Crippen LogP contribution in [0.2, 0.25) is 5.02 Å². The van der Waals surface area contributed by atoms with Crippen LogP contribution in [0.25, 0.3) is 22.1 Å². The van der Waals surface area contributed by atoms with Crippen molar-refractivity contribution >= 4 is 34.4 Å². The van der Waals surface area contributed by atoms with E-state index in [0.717, 1.165) is 48.3 Å². The number of piperazine rings is 1. The van der Waals surface area contributed by atoms with Crippen molar-refractivity contribution in [1.29, 1.82) is 0 Å². The molecule has 1 fully saturated rings. The van der Waals surface area contributed by atoms with Gasteiger partial charge in [0, 0.05) is 44.1 Å². The van der Waals surface area contributed by atoms with Gasteiger partial charge in [-0.05, 0) is 47.9 Å². The van der Waals surface area contributed by atoms with Crippen molar-refractivity contribution in [3.05, 3.63) is 58.3 Å². The van der Waals surface area contributed by atoms with Crippen LogP contribution in [0.3, 0.4) is 0 Å². The van der Waals surface area contributed by atoms with Gasteiger partial charge in [-0.15, -0.1) is 0 Å². The van der Waals surface area contributed by atoms with E-state index in [1.165, 1.54) is 6.92 Å². The van der Waals surface area contributed by atoms with E-state index >= 15 is 0 Å². The molecule has 2 amide bonds. The molecule has 4 rings (SSSR count). The van der Waals surface area contributed by atoms with Crippen molar-refractivity contribution in [3.63, 3.8) is 0 Å². The van der Waals surface area contributed by atoms with Gasteiger partial charge >= 0.3 is 0 Å². The quantitative estimate of drug-likeness (QED) is 0.667. The van der Waals surface area contributed by atoms with Gasteiger partial charge in [0.05, 0.1) is 11.6 Å². The minimum atomic E-state index is -0.116. The summed E-state index contributed by atoms with van der Waals surface area (Å²) in [7, 11) is 0. The minimum Gasteiger partial charge on any atom is -0.458 e. The number of aryl methyl sites for hydroxylation is 1. The van der Waals surface area contributed by atoms with Crippen molar-refractivity contribution in [2.75, 3.05) is 26.2 Å². The summed E-state index contributed by atoms with van der Waals surface area (Å²) in [5.41, 5.74) is 4.31. The van der Waals surface area contributed by atoms with Gasteiger partial charge in [0.2, 0.25) is 5.91 Å². The number of carbonyl (C=O) groups is 2. The Labute approximate surface area is 180 Å². The van der Waals surface area contributed by atoms with Crippen molar-refractivity contribution in [1.82, 2.24) is 15.5 Å². The van der Waals surface area contributed by atoms with E-state index in [4.69, 9.17) is 16.0 Å². The van der Waals surface area contributed by atoms with Gasteiger partial charge < -0.3 is 20.0 Å². The zero-order valence-corrected chi connectivity index (χ0v) is 17.8. The Hall–Kier alpha value is -2.83. The molecule has 0 radical (unpaired) electrons. The average Bonchev–Trinajstić information content (AvgIpc) is 3.20. The highest BCUT2D eigenvalue weighted by atomic mass is 35.5. The van der Waals surface area contributed by atoms with E-state index in [1.54, 1.807) is 0 Å². The molecular weight excluding hydrogens is 402 g/mol. The molecule has 0 saturated carbocycles. The number of rotatable bonds is 4. The first-order chi connectivity index (χ1) is 14.4. The maximum absolute atomic E-state index is 12.7. The molecule has 7 heteroatoms. The lowest BCUT2D eigenvalue weighted by Crippen LogP contribution is -2.46. The lowest BCUT2D eigenvalue weighted by atomic mass is 9.96. The van der Waals surface area contributed by atoms with Gasteiger partial charge in [-0.2, -0.15) is 0 Å². The van der Waals surface area contributed by atoms with E-state index in [-0.39, 0.29) is 11.8 Å². The molecule has 156 valence electrons. The van der Waals surface area contributed by atoms with E-state index in [2.05, 4.69) is 10.6 Å². The van der Waals surface area contributed by atoms with Gasteiger partial charge in [-0.1, -0.05) is 23.7 Å². The number of benzene rings is 2. The summed E-state index contributed by atoms with van der Waals surface area (Å²) >= 11 is 6.50. The second-order valence-corrected chi connectivity index (χ2v) is 7.92. The van der Waals surface area contributed by atoms with Crippen LogP contribution in [-0.4, -0.2) is 42.9 Å². The van der Waals surface area contributed by atoms with Gasteiger partial charge in [-0.25, -0.2) is 0 Å². The molecule has 2 N–H and O–H groups in total. The van der Waals surface area contributed by atoms with Gasteiger partial charge in [-0.3, -0.25) is 9.59 Å². The Balaban J connectivity index is 1.63. The molecule has 0 atom stereocenters. The molecule has 0 bridgehead atoms. The molecule has 1 saturated heterocycles. The smallest absolute Gasteiger partial charge is 0.253 e. The van der Waals surface area contributed by atoms with Crippen LogP contribution in [-0.2, 0) is 11.3 Å². The molecule has 2 aromatic carbocycles. The fourth-order valence-electron chi connectivity index (χ4n) is 3.79. The molecule has 1 aliphatic rings. The first-order valence-electron chi connectivity index (χ1n) is 10.0. The lowest BCUT2D eigenvalue weighted by Gasteiger charge is -2.27. The second kappa shape index (κ2) is 8.50. The third kappa shape index (κ3) is 4.06. The highest BCUT2D eigenvalue weighted by Crippen LogP contribution is 2.36. The Bertz CT molecular complexity index is 1100. The standard InChI is InChI=1S/C23H24ClN3O3/c1-14-19(12-21(24)22-20(14)11-18(30-22)13-26-15(2)28)16-3-5-17(6-4-16)23(29)27-9-7-25-8-10-27/h3-6,11-12,25H,7-10,13H2,1-2H3,(H,26,28). The summed E-state index contributed by atoms with van der Waals surface area (Å²) in [6, 6.07) is 11.5.